The number of hydrogen-bond acceptors (Lipinski definition) is 3. The van der Waals surface area contributed by atoms with Crippen molar-refractivity contribution in [2.75, 3.05) is 39.5 Å². The number of halogens is 3. The van der Waals surface area contributed by atoms with Crippen molar-refractivity contribution in [2.24, 2.45) is 4.99 Å². The van der Waals surface area contributed by atoms with Crippen LogP contribution >= 0.6 is 0 Å². The molecule has 0 aliphatic heterocycles. The Balaban J connectivity index is 3.94. The van der Waals surface area contributed by atoms with E-state index in [1.54, 1.807) is 6.92 Å². The van der Waals surface area contributed by atoms with E-state index < -0.39 is 22.6 Å². The topological polar surface area (TPSA) is 73.8 Å². The van der Waals surface area contributed by atoms with Gasteiger partial charge in [-0.05, 0) is 13.3 Å². The summed E-state index contributed by atoms with van der Waals surface area (Å²) in [5, 5.41) is 5.37. The molecule has 0 aliphatic rings. The molecule has 0 bridgehead atoms. The Kier molecular flexibility index (Phi) is 8.64. The Hall–Kier alpha value is -1.03. The highest BCUT2D eigenvalue weighted by atomic mass is 32.2. The molecule has 0 atom stereocenters. The number of sulfonamides is 1. The van der Waals surface area contributed by atoms with Crippen LogP contribution in [0.15, 0.2) is 4.99 Å². The highest BCUT2D eigenvalue weighted by Gasteiger charge is 2.26. The molecule has 0 aromatic rings. The zero-order chi connectivity index (χ0) is 16.5. The third kappa shape index (κ3) is 9.51. The fourth-order valence-corrected chi connectivity index (χ4v) is 2.26. The molecule has 2 N–H and O–H groups in total. The van der Waals surface area contributed by atoms with Gasteiger partial charge >= 0.3 is 6.18 Å². The summed E-state index contributed by atoms with van der Waals surface area (Å²) in [6.07, 6.45) is -4.62. The molecular formula is C11H23F3N4O2S. The van der Waals surface area contributed by atoms with Crippen LogP contribution in [-0.2, 0) is 10.0 Å². The minimum atomic E-state index is -4.21. The number of nitrogens with one attached hydrogen (secondary N) is 2. The molecule has 10 heteroatoms. The largest absolute Gasteiger partial charge is 0.390 e. The molecule has 0 saturated carbocycles. The zero-order valence-corrected chi connectivity index (χ0v) is 13.3. The van der Waals surface area contributed by atoms with Crippen molar-refractivity contribution >= 4 is 16.0 Å². The Morgan fingerprint density at radius 2 is 1.81 bits per heavy atom. The molecule has 6 nitrogen and oxygen atoms in total. The minimum Gasteiger partial charge on any atom is -0.356 e. The number of rotatable bonds is 8. The summed E-state index contributed by atoms with van der Waals surface area (Å²) in [5.74, 6) is 0.303. The van der Waals surface area contributed by atoms with Crippen LogP contribution in [0.1, 0.15) is 19.8 Å². The van der Waals surface area contributed by atoms with Crippen LogP contribution in [0.5, 0.6) is 0 Å². The number of aliphatic imine (C=N–C) groups is 1. The van der Waals surface area contributed by atoms with Gasteiger partial charge in [0, 0.05) is 33.7 Å². The van der Waals surface area contributed by atoms with Gasteiger partial charge in [0.2, 0.25) is 10.0 Å². The Labute approximate surface area is 123 Å². The van der Waals surface area contributed by atoms with Crippen LogP contribution in [0.25, 0.3) is 0 Å². The van der Waals surface area contributed by atoms with E-state index in [-0.39, 0.29) is 18.3 Å². The van der Waals surface area contributed by atoms with Gasteiger partial charge in [0.15, 0.2) is 5.96 Å². The second-order valence-corrected chi connectivity index (χ2v) is 6.73. The van der Waals surface area contributed by atoms with Crippen LogP contribution < -0.4 is 10.6 Å². The first-order valence-corrected chi connectivity index (χ1v) is 8.18. The molecule has 0 aromatic heterocycles. The summed E-state index contributed by atoms with van der Waals surface area (Å²) < 4.78 is 60.2. The van der Waals surface area contributed by atoms with Crippen molar-refractivity contribution in [1.82, 2.24) is 14.9 Å². The lowest BCUT2D eigenvalue weighted by Gasteiger charge is -2.17. The normalized spacial score (nSPS) is 13.6. The molecule has 0 fully saturated rings. The Bertz CT molecular complexity index is 424. The second kappa shape index (κ2) is 9.08. The second-order valence-electron chi connectivity index (χ2n) is 4.37. The van der Waals surface area contributed by atoms with Gasteiger partial charge in [-0.3, -0.25) is 4.99 Å². The molecule has 0 unspecified atom stereocenters. The summed E-state index contributed by atoms with van der Waals surface area (Å²) in [6, 6.07) is 0. The van der Waals surface area contributed by atoms with Crippen molar-refractivity contribution in [3.63, 3.8) is 0 Å². The molecule has 0 rings (SSSR count). The van der Waals surface area contributed by atoms with Crippen LogP contribution in [0.2, 0.25) is 0 Å². The maximum Gasteiger partial charge on any atom is 0.390 e. The molecule has 0 saturated heterocycles. The lowest BCUT2D eigenvalue weighted by molar-refractivity contribution is -0.132. The maximum atomic E-state index is 12.0. The smallest absolute Gasteiger partial charge is 0.356 e. The first-order chi connectivity index (χ1) is 9.62. The lowest BCUT2D eigenvalue weighted by Crippen LogP contribution is -2.40. The molecule has 0 amide bonds. The SMILES string of the molecule is CCS(=O)(=O)N(C)CCCNC(=NC)NCCC(F)(F)F. The molecule has 0 radical (unpaired) electrons. The minimum absolute atomic E-state index is 0.0393. The van der Waals surface area contributed by atoms with Crippen LogP contribution in [0.3, 0.4) is 0 Å². The fraction of sp³-hybridized carbons (Fsp3) is 0.909. The van der Waals surface area contributed by atoms with Gasteiger partial charge in [0.05, 0.1) is 12.2 Å². The molecular weight excluding hydrogens is 309 g/mol. The summed E-state index contributed by atoms with van der Waals surface area (Å²) in [7, 11) is -0.250. The lowest BCUT2D eigenvalue weighted by atomic mass is 10.4. The van der Waals surface area contributed by atoms with E-state index in [4.69, 9.17) is 0 Å². The summed E-state index contributed by atoms with van der Waals surface area (Å²) in [5.41, 5.74) is 0. The predicted octanol–water partition coefficient (Wildman–Crippen LogP) is 0.775. The van der Waals surface area contributed by atoms with E-state index in [1.165, 1.54) is 18.4 Å². The number of alkyl halides is 3. The van der Waals surface area contributed by atoms with Gasteiger partial charge in [0.25, 0.3) is 0 Å². The Morgan fingerprint density at radius 3 is 2.29 bits per heavy atom. The summed E-state index contributed by atoms with van der Waals surface area (Å²) in [4.78, 5) is 3.78. The van der Waals surface area contributed by atoms with E-state index in [2.05, 4.69) is 15.6 Å². The first-order valence-electron chi connectivity index (χ1n) is 6.57. The number of nitrogens with zero attached hydrogens (tertiary/aromatic N) is 2. The average Bonchev–Trinajstić information content (AvgIpc) is 2.39. The van der Waals surface area contributed by atoms with Crippen LogP contribution in [0.4, 0.5) is 13.2 Å². The third-order valence-corrected chi connectivity index (χ3v) is 4.57. The Morgan fingerprint density at radius 1 is 1.24 bits per heavy atom. The van der Waals surface area contributed by atoms with E-state index in [0.717, 1.165) is 0 Å². The highest BCUT2D eigenvalue weighted by Crippen LogP contribution is 2.17. The van der Waals surface area contributed by atoms with Crippen molar-refractivity contribution in [3.05, 3.63) is 0 Å². The summed E-state index contributed by atoms with van der Waals surface area (Å²) >= 11 is 0. The zero-order valence-electron chi connectivity index (χ0n) is 12.5. The van der Waals surface area contributed by atoms with Gasteiger partial charge < -0.3 is 10.6 Å². The standard InChI is InChI=1S/C11H23F3N4O2S/c1-4-21(19,20)18(3)9-5-7-16-10(15-2)17-8-6-11(12,13)14/h4-9H2,1-3H3,(H2,15,16,17). The molecule has 0 heterocycles. The first kappa shape index (κ1) is 20.0. The van der Waals surface area contributed by atoms with E-state index in [1.807, 2.05) is 0 Å². The van der Waals surface area contributed by atoms with Gasteiger partial charge in [-0.25, -0.2) is 12.7 Å². The maximum absolute atomic E-state index is 12.0. The average molecular weight is 332 g/mol. The van der Waals surface area contributed by atoms with E-state index >= 15 is 0 Å². The van der Waals surface area contributed by atoms with Gasteiger partial charge in [0.1, 0.15) is 0 Å². The molecule has 0 spiro atoms. The van der Waals surface area contributed by atoms with E-state index in [0.29, 0.717) is 19.5 Å². The fourth-order valence-electron chi connectivity index (χ4n) is 1.41. The summed E-state index contributed by atoms with van der Waals surface area (Å²) in [6.45, 7) is 2.06. The van der Waals surface area contributed by atoms with Gasteiger partial charge in [-0.1, -0.05) is 0 Å². The van der Waals surface area contributed by atoms with Crippen molar-refractivity contribution < 1.29 is 21.6 Å². The predicted molar refractivity (Wildman–Crippen MR) is 76.7 cm³/mol. The highest BCUT2D eigenvalue weighted by molar-refractivity contribution is 7.89. The quantitative estimate of drug-likeness (QED) is 0.391. The van der Waals surface area contributed by atoms with E-state index in [9.17, 15) is 21.6 Å². The number of guanidine groups is 1. The van der Waals surface area contributed by atoms with Crippen molar-refractivity contribution in [1.29, 1.82) is 0 Å². The van der Waals surface area contributed by atoms with Gasteiger partial charge in [-0.2, -0.15) is 13.2 Å². The van der Waals surface area contributed by atoms with Crippen LogP contribution in [0, 0.1) is 0 Å². The van der Waals surface area contributed by atoms with Crippen LogP contribution in [-0.4, -0.2) is 64.3 Å². The molecule has 0 aromatic carbocycles. The van der Waals surface area contributed by atoms with Gasteiger partial charge in [-0.15, -0.1) is 0 Å². The van der Waals surface area contributed by atoms with Crippen molar-refractivity contribution in [3.8, 4) is 0 Å². The third-order valence-electron chi connectivity index (χ3n) is 2.71. The molecule has 0 aliphatic carbocycles. The van der Waals surface area contributed by atoms with Crippen molar-refractivity contribution in [2.45, 2.75) is 25.9 Å². The number of hydrogen-bond donors (Lipinski definition) is 2. The molecule has 21 heavy (non-hydrogen) atoms. The monoisotopic (exact) mass is 332 g/mol. The molecule has 126 valence electrons.